The molecule has 3 rings (SSSR count). The molecule has 2 aromatic rings. The Morgan fingerprint density at radius 2 is 1.65 bits per heavy atom. The van der Waals surface area contributed by atoms with Crippen LogP contribution in [0.3, 0.4) is 0 Å². The molecule has 0 N–H and O–H groups in total. The van der Waals surface area contributed by atoms with E-state index >= 15 is 0 Å². The zero-order chi connectivity index (χ0) is 14.1. The smallest absolute Gasteiger partial charge is 0.286 e. The van der Waals surface area contributed by atoms with Gasteiger partial charge in [0, 0.05) is 10.5 Å². The van der Waals surface area contributed by atoms with Gasteiger partial charge in [-0.1, -0.05) is 42.5 Å². The molecule has 0 spiro atoms. The quantitative estimate of drug-likeness (QED) is 0.619. The Kier molecular flexibility index (Phi) is 2.87. The summed E-state index contributed by atoms with van der Waals surface area (Å²) in [5, 5.41) is 11.3. The van der Waals surface area contributed by atoms with Crippen LogP contribution in [0.2, 0.25) is 0 Å². The second-order valence-corrected chi connectivity index (χ2v) is 4.43. The highest BCUT2D eigenvalue weighted by atomic mass is 16.6. The van der Waals surface area contributed by atoms with Crippen LogP contribution in [0.4, 0.5) is 5.69 Å². The summed E-state index contributed by atoms with van der Waals surface area (Å²) in [6.07, 6.45) is 0. The monoisotopic (exact) mass is 266 g/mol. The van der Waals surface area contributed by atoms with Gasteiger partial charge in [0.2, 0.25) is 5.78 Å². The van der Waals surface area contributed by atoms with Gasteiger partial charge in [-0.25, -0.2) is 4.99 Å². The molecule has 20 heavy (non-hydrogen) atoms. The Hall–Kier alpha value is -2.82. The van der Waals surface area contributed by atoms with Gasteiger partial charge in [-0.05, 0) is 12.1 Å². The van der Waals surface area contributed by atoms with E-state index in [0.717, 1.165) is 0 Å². The minimum Gasteiger partial charge on any atom is -0.286 e. The lowest BCUT2D eigenvalue weighted by Crippen LogP contribution is -2.40. The van der Waals surface area contributed by atoms with E-state index in [2.05, 4.69) is 4.99 Å². The molecule has 0 radical (unpaired) electrons. The van der Waals surface area contributed by atoms with Crippen LogP contribution in [0.5, 0.6) is 0 Å². The second-order valence-electron chi connectivity index (χ2n) is 4.43. The summed E-state index contributed by atoms with van der Waals surface area (Å²) in [4.78, 5) is 27.3. The van der Waals surface area contributed by atoms with Crippen molar-refractivity contribution in [2.45, 2.75) is 6.04 Å². The van der Waals surface area contributed by atoms with E-state index in [1.54, 1.807) is 48.5 Å². The van der Waals surface area contributed by atoms with Crippen LogP contribution in [0.1, 0.15) is 15.9 Å². The predicted molar refractivity (Wildman–Crippen MR) is 74.2 cm³/mol. The summed E-state index contributed by atoms with van der Waals surface area (Å²) in [5.74, 6) is -0.514. The topological polar surface area (TPSA) is 72.6 Å². The zero-order valence-electron chi connectivity index (χ0n) is 10.4. The number of hydrogen-bond donors (Lipinski definition) is 0. The molecule has 1 unspecified atom stereocenters. The lowest BCUT2D eigenvalue weighted by molar-refractivity contribution is -0.486. The third-order valence-electron chi connectivity index (χ3n) is 3.20. The van der Waals surface area contributed by atoms with Gasteiger partial charge in [0.05, 0.1) is 11.3 Å². The number of ketones is 1. The van der Waals surface area contributed by atoms with E-state index in [1.807, 2.05) is 6.07 Å². The number of carbonyl (C=O) groups excluding carboxylic acids is 1. The van der Waals surface area contributed by atoms with E-state index in [9.17, 15) is 14.9 Å². The Labute approximate surface area is 114 Å². The molecular weight excluding hydrogens is 256 g/mol. The lowest BCUT2D eigenvalue weighted by Gasteiger charge is -2.18. The largest absolute Gasteiger partial charge is 0.316 e. The number of para-hydroxylation sites is 1. The Morgan fingerprint density at radius 1 is 1.00 bits per heavy atom. The van der Waals surface area contributed by atoms with Crippen LogP contribution < -0.4 is 0 Å². The summed E-state index contributed by atoms with van der Waals surface area (Å²) < 4.78 is 0. The van der Waals surface area contributed by atoms with Crippen LogP contribution in [0.25, 0.3) is 0 Å². The molecule has 0 aliphatic carbocycles. The van der Waals surface area contributed by atoms with E-state index in [-0.39, 0.29) is 5.71 Å². The summed E-state index contributed by atoms with van der Waals surface area (Å²) >= 11 is 0. The number of aliphatic imine (C=N–C) groups is 1. The normalized spacial score (nSPS) is 17.3. The highest BCUT2D eigenvalue weighted by Crippen LogP contribution is 2.28. The van der Waals surface area contributed by atoms with Crippen molar-refractivity contribution < 1.29 is 9.72 Å². The van der Waals surface area contributed by atoms with Crippen molar-refractivity contribution in [2.24, 2.45) is 4.99 Å². The minimum atomic E-state index is -1.44. The molecule has 1 aliphatic heterocycles. The lowest BCUT2D eigenvalue weighted by atomic mass is 9.92. The SMILES string of the molecule is O=C1c2ccccc2N=C(c2ccccc2)C1[N+](=O)[O-]. The fourth-order valence-electron chi connectivity index (χ4n) is 2.27. The predicted octanol–water partition coefficient (Wildman–Crippen LogP) is 2.65. The summed E-state index contributed by atoms with van der Waals surface area (Å²) in [7, 11) is 0. The maximum absolute atomic E-state index is 12.3. The van der Waals surface area contributed by atoms with Crippen LogP contribution in [-0.4, -0.2) is 22.5 Å². The summed E-state index contributed by atoms with van der Waals surface area (Å²) in [5.41, 5.74) is 1.57. The molecule has 1 heterocycles. The van der Waals surface area contributed by atoms with Gasteiger partial charge < -0.3 is 0 Å². The van der Waals surface area contributed by atoms with Gasteiger partial charge in [0.1, 0.15) is 5.71 Å². The average Bonchev–Trinajstić information content (AvgIpc) is 2.47. The summed E-state index contributed by atoms with van der Waals surface area (Å²) in [6, 6.07) is 14.0. The van der Waals surface area contributed by atoms with E-state index in [0.29, 0.717) is 16.8 Å². The molecular formula is C15H10N2O3. The van der Waals surface area contributed by atoms with Crippen molar-refractivity contribution in [3.63, 3.8) is 0 Å². The molecule has 2 aromatic carbocycles. The molecule has 0 saturated carbocycles. The number of rotatable bonds is 2. The maximum Gasteiger partial charge on any atom is 0.316 e. The zero-order valence-corrected chi connectivity index (χ0v) is 10.4. The first-order chi connectivity index (χ1) is 9.68. The highest BCUT2D eigenvalue weighted by Gasteiger charge is 2.41. The second kappa shape index (κ2) is 4.70. The number of Topliss-reactive ketones (excluding diaryl/α,β-unsaturated/α-hetero) is 1. The van der Waals surface area contributed by atoms with E-state index < -0.39 is 16.7 Å². The van der Waals surface area contributed by atoms with Crippen molar-refractivity contribution in [3.05, 3.63) is 75.8 Å². The third-order valence-corrected chi connectivity index (χ3v) is 3.20. The molecule has 0 fully saturated rings. The molecule has 0 saturated heterocycles. The molecule has 0 bridgehead atoms. The summed E-state index contributed by atoms with van der Waals surface area (Å²) in [6.45, 7) is 0. The molecule has 5 heteroatoms. The van der Waals surface area contributed by atoms with Crippen molar-refractivity contribution in [3.8, 4) is 0 Å². The Balaban J connectivity index is 2.22. The first-order valence-electron chi connectivity index (χ1n) is 6.09. The molecule has 1 aliphatic rings. The van der Waals surface area contributed by atoms with Crippen LogP contribution in [0, 0.1) is 10.1 Å². The molecule has 5 nitrogen and oxygen atoms in total. The molecule has 1 atom stereocenters. The van der Waals surface area contributed by atoms with Gasteiger partial charge in [-0.3, -0.25) is 14.9 Å². The van der Waals surface area contributed by atoms with Crippen molar-refractivity contribution in [2.75, 3.05) is 0 Å². The number of carbonyl (C=O) groups is 1. The van der Waals surface area contributed by atoms with Crippen molar-refractivity contribution in [1.82, 2.24) is 0 Å². The number of hydrogen-bond acceptors (Lipinski definition) is 4. The van der Waals surface area contributed by atoms with Gasteiger partial charge in [0.15, 0.2) is 0 Å². The standard InChI is InChI=1S/C15H10N2O3/c18-15-11-8-4-5-9-12(11)16-13(14(15)17(19)20)10-6-2-1-3-7-10/h1-9,14H. The van der Waals surface area contributed by atoms with Crippen LogP contribution in [0.15, 0.2) is 59.6 Å². The molecule has 0 amide bonds. The van der Waals surface area contributed by atoms with Gasteiger partial charge in [0.25, 0.3) is 0 Å². The van der Waals surface area contributed by atoms with Gasteiger partial charge in [-0.15, -0.1) is 0 Å². The highest BCUT2D eigenvalue weighted by molar-refractivity contribution is 6.25. The van der Waals surface area contributed by atoms with Crippen molar-refractivity contribution in [1.29, 1.82) is 0 Å². The first-order valence-corrected chi connectivity index (χ1v) is 6.09. The Morgan fingerprint density at radius 3 is 2.35 bits per heavy atom. The van der Waals surface area contributed by atoms with Gasteiger partial charge in [-0.2, -0.15) is 0 Å². The maximum atomic E-state index is 12.3. The number of nitrogens with zero attached hydrogens (tertiary/aromatic N) is 2. The number of benzene rings is 2. The van der Waals surface area contributed by atoms with Crippen molar-refractivity contribution >= 4 is 17.2 Å². The third kappa shape index (κ3) is 1.89. The van der Waals surface area contributed by atoms with E-state index in [4.69, 9.17) is 0 Å². The van der Waals surface area contributed by atoms with Crippen LogP contribution >= 0.6 is 0 Å². The Bertz CT molecular complexity index is 723. The number of nitro groups is 1. The minimum absolute atomic E-state index is 0.194. The first kappa shape index (κ1) is 12.2. The average molecular weight is 266 g/mol. The van der Waals surface area contributed by atoms with E-state index in [1.165, 1.54) is 0 Å². The van der Waals surface area contributed by atoms with Gasteiger partial charge >= 0.3 is 6.04 Å². The number of fused-ring (bicyclic) bond motifs is 1. The fourth-order valence-corrected chi connectivity index (χ4v) is 2.27. The molecule has 98 valence electrons. The fraction of sp³-hybridized carbons (Fsp3) is 0.0667. The van der Waals surface area contributed by atoms with Crippen LogP contribution in [-0.2, 0) is 0 Å². The molecule has 0 aromatic heterocycles.